The zero-order valence-corrected chi connectivity index (χ0v) is 18.0. The third-order valence-electron chi connectivity index (χ3n) is 6.21. The molecule has 3 heteroatoms. The number of aromatic nitrogens is 2. The van der Waals surface area contributed by atoms with Crippen LogP contribution in [-0.2, 0) is 0 Å². The largest absolute Gasteiger partial charge is 0.292 e. The van der Waals surface area contributed by atoms with E-state index in [1.54, 1.807) is 0 Å². The zero-order chi connectivity index (χ0) is 21.1. The highest BCUT2D eigenvalue weighted by Gasteiger charge is 2.19. The molecule has 0 fully saturated rings. The molecule has 0 bridgehead atoms. The van der Waals surface area contributed by atoms with Gasteiger partial charge in [0, 0.05) is 31.1 Å². The highest BCUT2D eigenvalue weighted by molar-refractivity contribution is 7.26. The lowest BCUT2D eigenvalue weighted by Crippen LogP contribution is -1.98. The van der Waals surface area contributed by atoms with Crippen molar-refractivity contribution in [1.29, 1.82) is 0 Å². The molecule has 32 heavy (non-hydrogen) atoms. The van der Waals surface area contributed by atoms with Crippen molar-refractivity contribution in [2.75, 3.05) is 0 Å². The summed E-state index contributed by atoms with van der Waals surface area (Å²) in [6, 6.07) is 38.7. The molecule has 0 N–H and O–H groups in total. The molecule has 0 spiro atoms. The molecule has 0 aliphatic carbocycles. The Morgan fingerprint density at radius 1 is 0.594 bits per heavy atom. The average molecular weight is 427 g/mol. The highest BCUT2D eigenvalue weighted by atomic mass is 32.1. The molecular formula is C29H18N2S. The van der Waals surface area contributed by atoms with Crippen LogP contribution >= 0.6 is 11.3 Å². The normalized spacial score (nSPS) is 11.8. The molecule has 0 aliphatic rings. The first-order valence-electron chi connectivity index (χ1n) is 10.7. The first-order valence-corrected chi connectivity index (χ1v) is 11.6. The molecule has 150 valence electrons. The van der Waals surface area contributed by atoms with Crippen molar-refractivity contribution in [3.63, 3.8) is 0 Å². The summed E-state index contributed by atoms with van der Waals surface area (Å²) < 4.78 is 4.92. The van der Waals surface area contributed by atoms with Gasteiger partial charge in [-0.15, -0.1) is 11.3 Å². The average Bonchev–Trinajstić information content (AvgIpc) is 3.42. The van der Waals surface area contributed by atoms with Gasteiger partial charge in [0.1, 0.15) is 5.82 Å². The van der Waals surface area contributed by atoms with Crippen molar-refractivity contribution in [2.24, 2.45) is 0 Å². The fourth-order valence-corrected chi connectivity index (χ4v) is 5.99. The summed E-state index contributed by atoms with van der Waals surface area (Å²) in [5, 5.41) is 5.05. The minimum absolute atomic E-state index is 0.986. The number of hydrogen-bond donors (Lipinski definition) is 0. The van der Waals surface area contributed by atoms with E-state index in [1.165, 1.54) is 36.5 Å². The third kappa shape index (κ3) is 2.49. The van der Waals surface area contributed by atoms with Crippen LogP contribution in [0.25, 0.3) is 59.1 Å². The van der Waals surface area contributed by atoms with Crippen LogP contribution in [0.4, 0.5) is 0 Å². The predicted molar refractivity (Wildman–Crippen MR) is 137 cm³/mol. The van der Waals surface area contributed by atoms with Crippen LogP contribution in [0.15, 0.2) is 109 Å². The maximum atomic E-state index is 5.16. The van der Waals surface area contributed by atoms with Crippen molar-refractivity contribution in [2.45, 2.75) is 0 Å². The zero-order valence-electron chi connectivity index (χ0n) is 17.2. The van der Waals surface area contributed by atoms with E-state index >= 15 is 0 Å². The first-order chi connectivity index (χ1) is 15.9. The van der Waals surface area contributed by atoms with E-state index in [9.17, 15) is 0 Å². The Morgan fingerprint density at radius 3 is 2.28 bits per heavy atom. The molecule has 0 saturated carbocycles. The fraction of sp³-hybridized carbons (Fsp3) is 0. The Kier molecular flexibility index (Phi) is 3.75. The molecule has 7 aromatic rings. The summed E-state index contributed by atoms with van der Waals surface area (Å²) in [5.74, 6) is 0.986. The summed E-state index contributed by atoms with van der Waals surface area (Å²) in [4.78, 5) is 5.16. The molecule has 2 nitrogen and oxygen atoms in total. The topological polar surface area (TPSA) is 17.8 Å². The van der Waals surface area contributed by atoms with Gasteiger partial charge in [-0.2, -0.15) is 0 Å². The Bertz CT molecular complexity index is 1780. The van der Waals surface area contributed by atoms with Crippen LogP contribution in [0.2, 0.25) is 0 Å². The molecule has 0 atom stereocenters. The van der Waals surface area contributed by atoms with Crippen LogP contribution in [0.1, 0.15) is 0 Å². The van der Waals surface area contributed by atoms with Gasteiger partial charge in [0.2, 0.25) is 0 Å². The Morgan fingerprint density at radius 2 is 1.31 bits per heavy atom. The summed E-state index contributed by atoms with van der Waals surface area (Å²) >= 11 is 1.85. The van der Waals surface area contributed by atoms with Gasteiger partial charge in [-0.25, -0.2) is 4.98 Å². The van der Waals surface area contributed by atoms with Crippen LogP contribution in [-0.4, -0.2) is 9.55 Å². The van der Waals surface area contributed by atoms with Crippen molar-refractivity contribution in [3.05, 3.63) is 109 Å². The van der Waals surface area contributed by atoms with E-state index in [0.717, 1.165) is 22.5 Å². The number of benzene rings is 5. The number of rotatable bonds is 2. The van der Waals surface area contributed by atoms with Crippen LogP contribution < -0.4 is 0 Å². The second-order valence-electron chi connectivity index (χ2n) is 8.04. The summed E-state index contributed by atoms with van der Waals surface area (Å²) in [6.07, 6.45) is 0. The van der Waals surface area contributed by atoms with Crippen molar-refractivity contribution in [1.82, 2.24) is 9.55 Å². The fourth-order valence-electron chi connectivity index (χ4n) is 4.78. The van der Waals surface area contributed by atoms with Crippen molar-refractivity contribution < 1.29 is 0 Å². The van der Waals surface area contributed by atoms with Gasteiger partial charge >= 0.3 is 0 Å². The van der Waals surface area contributed by atoms with Gasteiger partial charge in [-0.3, -0.25) is 4.57 Å². The Balaban J connectivity index is 1.63. The molecule has 0 radical (unpaired) electrons. The van der Waals surface area contributed by atoms with Crippen molar-refractivity contribution >= 4 is 53.3 Å². The smallest absolute Gasteiger partial charge is 0.147 e. The summed E-state index contributed by atoms with van der Waals surface area (Å²) in [7, 11) is 0. The van der Waals surface area contributed by atoms with Crippen LogP contribution in [0, 0.1) is 0 Å². The molecule has 5 aromatic carbocycles. The summed E-state index contributed by atoms with van der Waals surface area (Å²) in [5.41, 5.74) is 4.46. The molecule has 2 heterocycles. The standard InChI is InChI=1S/C29H18N2S/c1-2-11-20-19(9-1)10-7-17-25(20)31-26-16-5-4-15-24(26)30-29(31)23-14-8-13-22-21-12-3-6-18-27(21)32-28(22)23/h1-18H. The highest BCUT2D eigenvalue weighted by Crippen LogP contribution is 2.41. The second-order valence-corrected chi connectivity index (χ2v) is 9.09. The van der Waals surface area contributed by atoms with E-state index in [-0.39, 0.29) is 0 Å². The molecular weight excluding hydrogens is 408 g/mol. The number of nitrogens with zero attached hydrogens (tertiary/aromatic N) is 2. The SMILES string of the molecule is c1ccc2c(-n3c(-c4cccc5c4sc4ccccc45)nc4ccccc43)cccc2c1. The maximum Gasteiger partial charge on any atom is 0.147 e. The van der Waals surface area contributed by atoms with Crippen molar-refractivity contribution in [3.8, 4) is 17.1 Å². The van der Waals surface area contributed by atoms with E-state index in [0.29, 0.717) is 0 Å². The molecule has 0 amide bonds. The molecule has 7 rings (SSSR count). The van der Waals surface area contributed by atoms with Gasteiger partial charge in [-0.05, 0) is 35.7 Å². The lowest BCUT2D eigenvalue weighted by molar-refractivity contribution is 1.12. The molecule has 0 aliphatic heterocycles. The van der Waals surface area contributed by atoms with E-state index < -0.39 is 0 Å². The van der Waals surface area contributed by atoms with E-state index in [1.807, 2.05) is 11.3 Å². The number of para-hydroxylation sites is 2. The summed E-state index contributed by atoms with van der Waals surface area (Å²) in [6.45, 7) is 0. The molecule has 0 saturated heterocycles. The quantitative estimate of drug-likeness (QED) is 0.272. The first kappa shape index (κ1) is 17.7. The Labute approximate surface area is 189 Å². The van der Waals surface area contributed by atoms with Gasteiger partial charge < -0.3 is 0 Å². The lowest BCUT2D eigenvalue weighted by Gasteiger charge is -2.13. The van der Waals surface area contributed by atoms with Gasteiger partial charge in [0.15, 0.2) is 0 Å². The van der Waals surface area contributed by atoms with Crippen LogP contribution in [0.3, 0.4) is 0 Å². The van der Waals surface area contributed by atoms with Gasteiger partial charge in [0.05, 0.1) is 16.7 Å². The predicted octanol–water partition coefficient (Wildman–Crippen LogP) is 8.21. The maximum absolute atomic E-state index is 5.16. The number of imidazole rings is 1. The lowest BCUT2D eigenvalue weighted by atomic mass is 10.1. The van der Waals surface area contributed by atoms with E-state index in [2.05, 4.69) is 114 Å². The van der Waals surface area contributed by atoms with Gasteiger partial charge in [0.25, 0.3) is 0 Å². The van der Waals surface area contributed by atoms with Gasteiger partial charge in [-0.1, -0.05) is 78.9 Å². The number of fused-ring (bicyclic) bond motifs is 5. The van der Waals surface area contributed by atoms with Crippen LogP contribution in [0.5, 0.6) is 0 Å². The Hall–Kier alpha value is -3.95. The molecule has 0 unspecified atom stereocenters. The number of thiophene rings is 1. The van der Waals surface area contributed by atoms with E-state index in [4.69, 9.17) is 4.98 Å². The minimum atomic E-state index is 0.986. The minimum Gasteiger partial charge on any atom is -0.292 e. The second kappa shape index (κ2) is 6.78. The third-order valence-corrected chi connectivity index (χ3v) is 7.43. The monoisotopic (exact) mass is 426 g/mol. The molecule has 2 aromatic heterocycles. The number of hydrogen-bond acceptors (Lipinski definition) is 2.